The third kappa shape index (κ3) is 4.54. The Morgan fingerprint density at radius 2 is 1.82 bits per heavy atom. The number of carbonyl (C=O) groups excluding carboxylic acids is 1. The standard InChI is InChI=1S/C24H25ClN2O/c25-22-12-10-18(11-13-22)16-27-14-4-8-21(17-27)24(28)26-15-20-7-3-6-19-5-1-2-9-23(19)20/h1-3,5-7,9-13,21H,4,8,14-17H2,(H,26,28)/t21-/m0/s1. The van der Waals surface area contributed by atoms with Crippen molar-refractivity contribution in [2.45, 2.75) is 25.9 Å². The number of nitrogens with zero attached hydrogens (tertiary/aromatic N) is 1. The number of amides is 1. The van der Waals surface area contributed by atoms with Crippen LogP contribution in [0.3, 0.4) is 0 Å². The summed E-state index contributed by atoms with van der Waals surface area (Å²) in [6, 6.07) is 22.5. The summed E-state index contributed by atoms with van der Waals surface area (Å²) in [5, 5.41) is 6.34. The number of hydrogen-bond acceptors (Lipinski definition) is 2. The van der Waals surface area contributed by atoms with Gasteiger partial charge in [0.25, 0.3) is 0 Å². The maximum atomic E-state index is 12.8. The van der Waals surface area contributed by atoms with Crippen LogP contribution >= 0.6 is 11.6 Å². The summed E-state index contributed by atoms with van der Waals surface area (Å²) < 4.78 is 0. The Morgan fingerprint density at radius 1 is 1.04 bits per heavy atom. The number of fused-ring (bicyclic) bond motifs is 1. The van der Waals surface area contributed by atoms with Crippen LogP contribution < -0.4 is 5.32 Å². The van der Waals surface area contributed by atoms with Crippen molar-refractivity contribution < 1.29 is 4.79 Å². The van der Waals surface area contributed by atoms with Crippen molar-refractivity contribution in [3.63, 3.8) is 0 Å². The highest BCUT2D eigenvalue weighted by Crippen LogP contribution is 2.21. The Bertz CT molecular complexity index is 949. The van der Waals surface area contributed by atoms with Crippen molar-refractivity contribution in [3.8, 4) is 0 Å². The maximum Gasteiger partial charge on any atom is 0.224 e. The second kappa shape index (κ2) is 8.76. The van der Waals surface area contributed by atoms with E-state index in [1.807, 2.05) is 24.3 Å². The van der Waals surface area contributed by atoms with Gasteiger partial charge in [-0.05, 0) is 53.4 Å². The maximum absolute atomic E-state index is 12.8. The molecule has 3 aromatic rings. The zero-order chi connectivity index (χ0) is 19.3. The second-order valence-corrected chi connectivity index (χ2v) is 7.99. The van der Waals surface area contributed by atoms with Crippen molar-refractivity contribution in [1.82, 2.24) is 10.2 Å². The van der Waals surface area contributed by atoms with Crippen LogP contribution in [0, 0.1) is 5.92 Å². The molecule has 0 aromatic heterocycles. The molecule has 1 amide bonds. The fraction of sp³-hybridized carbons (Fsp3) is 0.292. The first-order chi connectivity index (χ1) is 13.7. The largest absolute Gasteiger partial charge is 0.352 e. The summed E-state index contributed by atoms with van der Waals surface area (Å²) in [6.45, 7) is 3.29. The van der Waals surface area contributed by atoms with Gasteiger partial charge in [0.1, 0.15) is 0 Å². The number of rotatable bonds is 5. The van der Waals surface area contributed by atoms with Gasteiger partial charge in [-0.2, -0.15) is 0 Å². The molecule has 4 heteroatoms. The molecule has 3 nitrogen and oxygen atoms in total. The molecule has 3 aromatic carbocycles. The number of carbonyl (C=O) groups is 1. The van der Waals surface area contributed by atoms with E-state index in [9.17, 15) is 4.79 Å². The van der Waals surface area contributed by atoms with Gasteiger partial charge in [0.15, 0.2) is 0 Å². The number of hydrogen-bond donors (Lipinski definition) is 1. The molecule has 1 fully saturated rings. The Kier molecular flexibility index (Phi) is 5.94. The van der Waals surface area contributed by atoms with Crippen LogP contribution in [0.2, 0.25) is 5.02 Å². The van der Waals surface area contributed by atoms with Gasteiger partial charge in [-0.3, -0.25) is 9.69 Å². The first-order valence-corrected chi connectivity index (χ1v) is 10.3. The minimum absolute atomic E-state index is 0.0519. The molecule has 1 saturated heterocycles. The van der Waals surface area contributed by atoms with E-state index in [2.05, 4.69) is 52.7 Å². The smallest absolute Gasteiger partial charge is 0.224 e. The number of benzene rings is 3. The van der Waals surface area contributed by atoms with Crippen LogP contribution in [-0.2, 0) is 17.9 Å². The minimum atomic E-state index is 0.0519. The lowest BCUT2D eigenvalue weighted by Crippen LogP contribution is -2.42. The average Bonchev–Trinajstić information content (AvgIpc) is 2.74. The molecule has 1 aliphatic rings. The molecule has 0 aliphatic carbocycles. The first-order valence-electron chi connectivity index (χ1n) is 9.90. The fourth-order valence-electron chi connectivity index (χ4n) is 4.03. The van der Waals surface area contributed by atoms with Crippen LogP contribution in [0.25, 0.3) is 10.8 Å². The Hall–Kier alpha value is -2.36. The average molecular weight is 393 g/mol. The van der Waals surface area contributed by atoms with E-state index < -0.39 is 0 Å². The Labute approximate surface area is 171 Å². The van der Waals surface area contributed by atoms with Crippen LogP contribution in [0.4, 0.5) is 0 Å². The molecule has 0 unspecified atom stereocenters. The van der Waals surface area contributed by atoms with E-state index in [4.69, 9.17) is 11.6 Å². The number of likely N-dealkylation sites (tertiary alicyclic amines) is 1. The van der Waals surface area contributed by atoms with Gasteiger partial charge >= 0.3 is 0 Å². The van der Waals surface area contributed by atoms with Gasteiger partial charge in [-0.25, -0.2) is 0 Å². The molecule has 1 N–H and O–H groups in total. The summed E-state index contributed by atoms with van der Waals surface area (Å²) >= 11 is 5.97. The molecule has 0 bridgehead atoms. The van der Waals surface area contributed by atoms with Crippen molar-refractivity contribution >= 4 is 28.3 Å². The quantitative estimate of drug-likeness (QED) is 0.661. The molecular weight excluding hydrogens is 368 g/mol. The van der Waals surface area contributed by atoms with Crippen molar-refractivity contribution in [2.24, 2.45) is 5.92 Å². The molecule has 4 rings (SSSR count). The highest BCUT2D eigenvalue weighted by Gasteiger charge is 2.25. The zero-order valence-electron chi connectivity index (χ0n) is 15.9. The summed E-state index contributed by atoms with van der Waals surface area (Å²) in [5.74, 6) is 0.213. The third-order valence-electron chi connectivity index (χ3n) is 5.53. The van der Waals surface area contributed by atoms with Crippen LogP contribution in [0.15, 0.2) is 66.7 Å². The number of piperidine rings is 1. The molecule has 1 aliphatic heterocycles. The Morgan fingerprint density at radius 3 is 2.68 bits per heavy atom. The molecule has 28 heavy (non-hydrogen) atoms. The molecular formula is C24H25ClN2O. The van der Waals surface area contributed by atoms with E-state index in [0.717, 1.165) is 37.5 Å². The normalized spacial score (nSPS) is 17.5. The molecule has 0 saturated carbocycles. The summed E-state index contributed by atoms with van der Waals surface area (Å²) in [6.07, 6.45) is 2.01. The fourth-order valence-corrected chi connectivity index (χ4v) is 4.16. The van der Waals surface area contributed by atoms with Gasteiger partial charge in [0.05, 0.1) is 5.92 Å². The molecule has 0 radical (unpaired) electrons. The van der Waals surface area contributed by atoms with Gasteiger partial charge in [0.2, 0.25) is 5.91 Å². The van der Waals surface area contributed by atoms with Crippen LogP contribution in [-0.4, -0.2) is 23.9 Å². The summed E-state index contributed by atoms with van der Waals surface area (Å²) in [5.41, 5.74) is 2.40. The predicted molar refractivity (Wildman–Crippen MR) is 115 cm³/mol. The second-order valence-electron chi connectivity index (χ2n) is 7.56. The SMILES string of the molecule is O=C(NCc1cccc2ccccc12)[C@H]1CCCN(Cc2ccc(Cl)cc2)C1. The lowest BCUT2D eigenvalue weighted by Gasteiger charge is -2.32. The topological polar surface area (TPSA) is 32.3 Å². The summed E-state index contributed by atoms with van der Waals surface area (Å²) in [7, 11) is 0. The van der Waals surface area contributed by atoms with Crippen LogP contribution in [0.1, 0.15) is 24.0 Å². The monoisotopic (exact) mass is 392 g/mol. The van der Waals surface area contributed by atoms with E-state index in [-0.39, 0.29) is 11.8 Å². The van der Waals surface area contributed by atoms with E-state index in [1.165, 1.54) is 21.9 Å². The third-order valence-corrected chi connectivity index (χ3v) is 5.78. The number of nitrogens with one attached hydrogen (secondary N) is 1. The Balaban J connectivity index is 1.35. The molecule has 0 spiro atoms. The molecule has 1 atom stereocenters. The number of halogens is 1. The minimum Gasteiger partial charge on any atom is -0.352 e. The van der Waals surface area contributed by atoms with Crippen molar-refractivity contribution in [1.29, 1.82) is 0 Å². The van der Waals surface area contributed by atoms with E-state index in [1.54, 1.807) is 0 Å². The highest BCUT2D eigenvalue weighted by molar-refractivity contribution is 6.30. The van der Waals surface area contributed by atoms with Gasteiger partial charge in [-0.1, -0.05) is 66.2 Å². The van der Waals surface area contributed by atoms with Gasteiger partial charge in [0, 0.05) is 24.7 Å². The predicted octanol–water partition coefficient (Wildman–Crippen LogP) is 5.02. The first kappa shape index (κ1) is 19.0. The summed E-state index contributed by atoms with van der Waals surface area (Å²) in [4.78, 5) is 15.2. The lowest BCUT2D eigenvalue weighted by molar-refractivity contribution is -0.126. The van der Waals surface area contributed by atoms with Crippen molar-refractivity contribution in [3.05, 3.63) is 82.9 Å². The van der Waals surface area contributed by atoms with Crippen molar-refractivity contribution in [2.75, 3.05) is 13.1 Å². The van der Waals surface area contributed by atoms with Crippen LogP contribution in [0.5, 0.6) is 0 Å². The molecule has 144 valence electrons. The van der Waals surface area contributed by atoms with Gasteiger partial charge in [-0.15, -0.1) is 0 Å². The van der Waals surface area contributed by atoms with Gasteiger partial charge < -0.3 is 5.32 Å². The zero-order valence-corrected chi connectivity index (χ0v) is 16.7. The van der Waals surface area contributed by atoms with E-state index in [0.29, 0.717) is 6.54 Å². The van der Waals surface area contributed by atoms with E-state index >= 15 is 0 Å². The lowest BCUT2D eigenvalue weighted by atomic mass is 9.96. The molecule has 1 heterocycles. The highest BCUT2D eigenvalue weighted by atomic mass is 35.5.